The van der Waals surface area contributed by atoms with Crippen LogP contribution in [0.2, 0.25) is 0 Å². The summed E-state index contributed by atoms with van der Waals surface area (Å²) < 4.78 is 0. The number of hydrogen-bond donors (Lipinski definition) is 0. The Balaban J connectivity index is 2.39. The van der Waals surface area contributed by atoms with Gasteiger partial charge in [-0.1, -0.05) is 61.7 Å². The van der Waals surface area contributed by atoms with E-state index < -0.39 is 0 Å². The van der Waals surface area contributed by atoms with Crippen molar-refractivity contribution in [2.75, 3.05) is 0 Å². The number of benzene rings is 3. The fraction of sp³-hybridized carbons (Fsp3) is 0. The molecule has 0 aliphatic heterocycles. The van der Waals surface area contributed by atoms with Gasteiger partial charge in [0.15, 0.2) is 0 Å². The minimum absolute atomic E-state index is 1.16. The maximum absolute atomic E-state index is 3.81. The third-order valence-electron chi connectivity index (χ3n) is 3.36. The second-order valence-corrected chi connectivity index (χ2v) is 4.43. The van der Waals surface area contributed by atoms with Crippen LogP contribution in [0.5, 0.6) is 0 Å². The average Bonchev–Trinajstić information content (AvgIpc) is 2.45. The van der Waals surface area contributed by atoms with Crippen molar-refractivity contribution in [3.63, 3.8) is 0 Å². The Labute approximate surface area is 107 Å². The second-order valence-electron chi connectivity index (χ2n) is 4.43. The van der Waals surface area contributed by atoms with E-state index in [4.69, 9.17) is 0 Å². The maximum Gasteiger partial charge on any atom is -0.0105 e. The summed E-state index contributed by atoms with van der Waals surface area (Å²) in [6.45, 7) is 7.62. The molecule has 0 N–H and O–H groups in total. The van der Waals surface area contributed by atoms with Gasteiger partial charge in [0, 0.05) is 0 Å². The SMILES string of the molecule is C=Cc1ccc2c(ccc3cc(C=C)ccc32)c1. The average molecular weight is 230 g/mol. The molecule has 18 heavy (non-hydrogen) atoms. The number of fused-ring (bicyclic) bond motifs is 3. The molecule has 0 unspecified atom stereocenters. The fourth-order valence-corrected chi connectivity index (χ4v) is 2.36. The van der Waals surface area contributed by atoms with E-state index in [0.29, 0.717) is 0 Å². The third kappa shape index (κ3) is 1.63. The van der Waals surface area contributed by atoms with Crippen LogP contribution in [0.3, 0.4) is 0 Å². The molecule has 86 valence electrons. The Bertz CT molecular complexity index is 697. The monoisotopic (exact) mass is 230 g/mol. The third-order valence-corrected chi connectivity index (χ3v) is 3.36. The van der Waals surface area contributed by atoms with Crippen molar-refractivity contribution in [1.82, 2.24) is 0 Å². The van der Waals surface area contributed by atoms with E-state index in [9.17, 15) is 0 Å². The van der Waals surface area contributed by atoms with Gasteiger partial charge in [-0.25, -0.2) is 0 Å². The van der Waals surface area contributed by atoms with E-state index in [0.717, 1.165) is 11.1 Å². The standard InChI is InChI=1S/C18H14/c1-3-13-5-9-17-15(11-13)7-8-16-12-14(4-2)6-10-18(16)17/h3-12H,1-2H2. The minimum atomic E-state index is 1.16. The summed E-state index contributed by atoms with van der Waals surface area (Å²) in [5, 5.41) is 5.08. The number of rotatable bonds is 2. The lowest BCUT2D eigenvalue weighted by Crippen LogP contribution is -1.80. The normalized spacial score (nSPS) is 10.7. The van der Waals surface area contributed by atoms with E-state index in [-0.39, 0.29) is 0 Å². The van der Waals surface area contributed by atoms with Crippen molar-refractivity contribution < 1.29 is 0 Å². The topological polar surface area (TPSA) is 0 Å². The van der Waals surface area contributed by atoms with Gasteiger partial charge in [0.1, 0.15) is 0 Å². The van der Waals surface area contributed by atoms with Crippen molar-refractivity contribution in [3.05, 3.63) is 72.8 Å². The van der Waals surface area contributed by atoms with Crippen LogP contribution in [0, 0.1) is 0 Å². The van der Waals surface area contributed by atoms with Crippen molar-refractivity contribution in [3.8, 4) is 0 Å². The van der Waals surface area contributed by atoms with Crippen LogP contribution in [0.4, 0.5) is 0 Å². The highest BCUT2D eigenvalue weighted by atomic mass is 14.0. The molecule has 0 bridgehead atoms. The number of hydrogen-bond acceptors (Lipinski definition) is 0. The van der Waals surface area contributed by atoms with E-state index in [1.54, 1.807) is 0 Å². The highest BCUT2D eigenvalue weighted by Gasteiger charge is 2.01. The van der Waals surface area contributed by atoms with E-state index in [1.165, 1.54) is 21.5 Å². The summed E-state index contributed by atoms with van der Waals surface area (Å²) in [5.74, 6) is 0. The van der Waals surface area contributed by atoms with Crippen LogP contribution in [0.15, 0.2) is 61.7 Å². The molecule has 3 aromatic carbocycles. The zero-order valence-electron chi connectivity index (χ0n) is 10.2. The molecule has 0 aliphatic rings. The second kappa shape index (κ2) is 4.15. The van der Waals surface area contributed by atoms with Gasteiger partial charge in [0.2, 0.25) is 0 Å². The van der Waals surface area contributed by atoms with Crippen LogP contribution >= 0.6 is 0 Å². The molecule has 3 aromatic rings. The van der Waals surface area contributed by atoms with Crippen molar-refractivity contribution in [2.24, 2.45) is 0 Å². The van der Waals surface area contributed by atoms with Gasteiger partial charge in [0.25, 0.3) is 0 Å². The summed E-state index contributed by atoms with van der Waals surface area (Å²) in [6.07, 6.45) is 3.76. The van der Waals surface area contributed by atoms with Crippen LogP contribution in [0.25, 0.3) is 33.7 Å². The first-order valence-corrected chi connectivity index (χ1v) is 6.03. The van der Waals surface area contributed by atoms with Gasteiger partial charge in [-0.3, -0.25) is 0 Å². The molecule has 0 saturated carbocycles. The predicted molar refractivity (Wildman–Crippen MR) is 81.6 cm³/mol. The molecule has 0 nitrogen and oxygen atoms in total. The molecule has 0 saturated heterocycles. The highest BCUT2D eigenvalue weighted by molar-refractivity contribution is 6.08. The smallest absolute Gasteiger partial charge is 0.0105 e. The van der Waals surface area contributed by atoms with Gasteiger partial charge < -0.3 is 0 Å². The van der Waals surface area contributed by atoms with Crippen molar-refractivity contribution >= 4 is 33.7 Å². The quantitative estimate of drug-likeness (QED) is 0.525. The van der Waals surface area contributed by atoms with E-state index >= 15 is 0 Å². The summed E-state index contributed by atoms with van der Waals surface area (Å²) in [5.41, 5.74) is 2.31. The Morgan fingerprint density at radius 2 is 1.06 bits per heavy atom. The van der Waals surface area contributed by atoms with Gasteiger partial charge in [0.05, 0.1) is 0 Å². The zero-order valence-corrected chi connectivity index (χ0v) is 10.2. The molecule has 0 amide bonds. The fourth-order valence-electron chi connectivity index (χ4n) is 2.36. The Kier molecular flexibility index (Phi) is 2.49. The molecule has 0 heteroatoms. The Morgan fingerprint density at radius 1 is 0.611 bits per heavy atom. The van der Waals surface area contributed by atoms with E-state index in [1.807, 2.05) is 12.2 Å². The molecular formula is C18H14. The minimum Gasteiger partial charge on any atom is -0.0985 e. The van der Waals surface area contributed by atoms with Crippen LogP contribution < -0.4 is 0 Å². The highest BCUT2D eigenvalue weighted by Crippen LogP contribution is 2.27. The summed E-state index contributed by atoms with van der Waals surface area (Å²) in [4.78, 5) is 0. The predicted octanol–water partition coefficient (Wildman–Crippen LogP) is 5.28. The van der Waals surface area contributed by atoms with Gasteiger partial charge in [-0.2, -0.15) is 0 Å². The molecule has 3 rings (SSSR count). The molecule has 0 heterocycles. The first kappa shape index (κ1) is 10.8. The Morgan fingerprint density at radius 3 is 1.44 bits per heavy atom. The lowest BCUT2D eigenvalue weighted by Gasteiger charge is -2.06. The van der Waals surface area contributed by atoms with Gasteiger partial charge in [-0.15, -0.1) is 0 Å². The lowest BCUT2D eigenvalue weighted by molar-refractivity contribution is 1.71. The first-order valence-electron chi connectivity index (χ1n) is 6.03. The molecule has 0 spiro atoms. The largest absolute Gasteiger partial charge is 0.0985 e. The molecule has 0 aliphatic carbocycles. The van der Waals surface area contributed by atoms with E-state index in [2.05, 4.69) is 61.7 Å². The zero-order chi connectivity index (χ0) is 12.5. The summed E-state index contributed by atoms with van der Waals surface area (Å²) in [6, 6.07) is 17.2. The maximum atomic E-state index is 3.81. The van der Waals surface area contributed by atoms with Crippen LogP contribution in [-0.2, 0) is 0 Å². The molecule has 0 radical (unpaired) electrons. The molecule has 0 fully saturated rings. The molecule has 0 aromatic heterocycles. The Hall–Kier alpha value is -2.34. The van der Waals surface area contributed by atoms with Crippen LogP contribution in [-0.4, -0.2) is 0 Å². The van der Waals surface area contributed by atoms with Gasteiger partial charge in [-0.05, 0) is 44.8 Å². The van der Waals surface area contributed by atoms with Crippen molar-refractivity contribution in [2.45, 2.75) is 0 Å². The van der Waals surface area contributed by atoms with Gasteiger partial charge >= 0.3 is 0 Å². The van der Waals surface area contributed by atoms with Crippen LogP contribution in [0.1, 0.15) is 11.1 Å². The molecule has 0 atom stereocenters. The summed E-state index contributed by atoms with van der Waals surface area (Å²) >= 11 is 0. The summed E-state index contributed by atoms with van der Waals surface area (Å²) in [7, 11) is 0. The molecular weight excluding hydrogens is 216 g/mol. The lowest BCUT2D eigenvalue weighted by atomic mass is 9.99. The first-order chi connectivity index (χ1) is 8.81. The van der Waals surface area contributed by atoms with Crippen molar-refractivity contribution in [1.29, 1.82) is 0 Å².